The quantitative estimate of drug-likeness (QED) is 0.612. The largest absolute Gasteiger partial charge is 0.481 e. The topological polar surface area (TPSA) is 91.8 Å². The number of carboxylic acids is 1. The molecule has 1 aromatic rings. The molecule has 0 saturated carbocycles. The van der Waals surface area contributed by atoms with Gasteiger partial charge in [0.2, 0.25) is 5.16 Å². The molecular formula is C4H6N4O2S. The summed E-state index contributed by atoms with van der Waals surface area (Å²) in [6, 6.07) is 0. The molecule has 0 spiro atoms. The van der Waals surface area contributed by atoms with Crippen molar-refractivity contribution >= 4 is 17.7 Å². The van der Waals surface area contributed by atoms with Gasteiger partial charge in [0.05, 0.1) is 6.42 Å². The number of aromatic nitrogens is 4. The summed E-state index contributed by atoms with van der Waals surface area (Å²) < 4.78 is 0. The van der Waals surface area contributed by atoms with Crippen LogP contribution in [0.5, 0.6) is 0 Å². The molecule has 6 nitrogen and oxygen atoms in total. The first kappa shape index (κ1) is 7.99. The van der Waals surface area contributed by atoms with Gasteiger partial charge >= 0.3 is 5.97 Å². The highest BCUT2D eigenvalue weighted by Gasteiger charge is 2.00. The summed E-state index contributed by atoms with van der Waals surface area (Å²) in [5, 5.41) is 21.6. The first-order valence-electron chi connectivity index (χ1n) is 2.87. The van der Waals surface area contributed by atoms with E-state index < -0.39 is 5.97 Å². The van der Waals surface area contributed by atoms with E-state index in [-0.39, 0.29) is 6.42 Å². The fourth-order valence-corrected chi connectivity index (χ4v) is 1.11. The first-order chi connectivity index (χ1) is 5.29. The van der Waals surface area contributed by atoms with Crippen molar-refractivity contribution in [2.75, 3.05) is 5.75 Å². The summed E-state index contributed by atoms with van der Waals surface area (Å²) in [5.41, 5.74) is 0. The molecule has 0 radical (unpaired) electrons. The second-order valence-corrected chi connectivity index (χ2v) is 2.75. The van der Waals surface area contributed by atoms with Crippen LogP contribution in [0, 0.1) is 0 Å². The molecular weight excluding hydrogens is 168 g/mol. The molecule has 1 heterocycles. The van der Waals surface area contributed by atoms with Gasteiger partial charge in [-0.3, -0.25) is 4.79 Å². The van der Waals surface area contributed by atoms with Crippen LogP contribution in [0.2, 0.25) is 0 Å². The Hall–Kier alpha value is -1.11. The zero-order valence-electron chi connectivity index (χ0n) is 5.52. The minimum Gasteiger partial charge on any atom is -0.481 e. The Bertz CT molecular complexity index is 224. The molecule has 0 unspecified atom stereocenters. The molecule has 0 aliphatic carbocycles. The lowest BCUT2D eigenvalue weighted by molar-refractivity contribution is -0.136. The van der Waals surface area contributed by atoms with E-state index in [0.29, 0.717) is 10.9 Å². The predicted octanol–water partition coefficient (Wildman–Crippen LogP) is -0.234. The third-order valence-electron chi connectivity index (χ3n) is 0.873. The van der Waals surface area contributed by atoms with E-state index in [2.05, 4.69) is 20.6 Å². The van der Waals surface area contributed by atoms with Crippen molar-refractivity contribution in [2.45, 2.75) is 11.6 Å². The Morgan fingerprint density at radius 2 is 2.55 bits per heavy atom. The second kappa shape index (κ2) is 3.91. The van der Waals surface area contributed by atoms with E-state index in [0.717, 1.165) is 0 Å². The highest BCUT2D eigenvalue weighted by atomic mass is 32.2. The van der Waals surface area contributed by atoms with E-state index in [1.54, 1.807) is 0 Å². The molecule has 0 aromatic carbocycles. The minimum atomic E-state index is -0.819. The molecule has 0 atom stereocenters. The van der Waals surface area contributed by atoms with Gasteiger partial charge in [0.1, 0.15) is 0 Å². The lowest BCUT2D eigenvalue weighted by atomic mass is 10.5. The number of tetrazole rings is 1. The van der Waals surface area contributed by atoms with Crippen LogP contribution in [0.4, 0.5) is 0 Å². The molecule has 0 aliphatic heterocycles. The lowest BCUT2D eigenvalue weighted by Gasteiger charge is -1.89. The minimum absolute atomic E-state index is 0.110. The average molecular weight is 174 g/mol. The molecule has 11 heavy (non-hydrogen) atoms. The Morgan fingerprint density at radius 1 is 1.73 bits per heavy atom. The van der Waals surface area contributed by atoms with Crippen LogP contribution in [-0.2, 0) is 4.79 Å². The van der Waals surface area contributed by atoms with Gasteiger partial charge in [0.15, 0.2) is 0 Å². The Labute approximate surface area is 66.4 Å². The Balaban J connectivity index is 2.19. The van der Waals surface area contributed by atoms with Crippen LogP contribution in [0.15, 0.2) is 5.16 Å². The smallest absolute Gasteiger partial charge is 0.304 e. The molecule has 1 aromatic heterocycles. The molecule has 0 amide bonds. The van der Waals surface area contributed by atoms with Gasteiger partial charge in [0, 0.05) is 5.75 Å². The SMILES string of the molecule is O=C(O)CCSc1nn[nH]n1. The maximum Gasteiger partial charge on any atom is 0.304 e. The number of hydrogen-bond acceptors (Lipinski definition) is 5. The molecule has 0 aliphatic rings. The van der Waals surface area contributed by atoms with Crippen LogP contribution < -0.4 is 0 Å². The van der Waals surface area contributed by atoms with Gasteiger partial charge < -0.3 is 5.11 Å². The van der Waals surface area contributed by atoms with E-state index in [1.165, 1.54) is 11.8 Å². The fraction of sp³-hybridized carbons (Fsp3) is 0.500. The first-order valence-corrected chi connectivity index (χ1v) is 3.85. The number of nitrogens with zero attached hydrogens (tertiary/aromatic N) is 3. The van der Waals surface area contributed by atoms with Crippen LogP contribution in [0.1, 0.15) is 6.42 Å². The Morgan fingerprint density at radius 3 is 3.09 bits per heavy atom. The standard InChI is InChI=1S/C4H6N4O2S/c9-3(10)1-2-11-4-5-7-8-6-4/h1-2H2,(H,9,10)(H,5,6,7,8). The van der Waals surface area contributed by atoms with E-state index in [4.69, 9.17) is 5.11 Å². The molecule has 0 saturated heterocycles. The molecule has 1 rings (SSSR count). The average Bonchev–Trinajstić information content (AvgIpc) is 2.39. The van der Waals surface area contributed by atoms with E-state index >= 15 is 0 Å². The van der Waals surface area contributed by atoms with Gasteiger partial charge in [-0.25, -0.2) is 0 Å². The number of nitrogens with one attached hydrogen (secondary N) is 1. The fourth-order valence-electron chi connectivity index (χ4n) is 0.443. The van der Waals surface area contributed by atoms with Gasteiger partial charge in [-0.1, -0.05) is 11.8 Å². The summed E-state index contributed by atoms with van der Waals surface area (Å²) in [6.07, 6.45) is 0.110. The molecule has 0 bridgehead atoms. The summed E-state index contributed by atoms with van der Waals surface area (Å²) in [4.78, 5) is 10.1. The molecule has 7 heteroatoms. The van der Waals surface area contributed by atoms with Crippen LogP contribution in [-0.4, -0.2) is 37.5 Å². The number of rotatable bonds is 4. The maximum atomic E-state index is 10.1. The van der Waals surface area contributed by atoms with Crippen LogP contribution in [0.25, 0.3) is 0 Å². The summed E-state index contributed by atoms with van der Waals surface area (Å²) in [7, 11) is 0. The molecule has 2 N–H and O–H groups in total. The van der Waals surface area contributed by atoms with Gasteiger partial charge in [0.25, 0.3) is 0 Å². The summed E-state index contributed by atoms with van der Waals surface area (Å²) in [6.45, 7) is 0. The monoisotopic (exact) mass is 174 g/mol. The van der Waals surface area contributed by atoms with Crippen molar-refractivity contribution in [3.63, 3.8) is 0 Å². The molecule has 60 valence electrons. The van der Waals surface area contributed by atoms with Crippen molar-refractivity contribution in [2.24, 2.45) is 0 Å². The summed E-state index contributed by atoms with van der Waals surface area (Å²) in [5.74, 6) is -0.351. The van der Waals surface area contributed by atoms with E-state index in [9.17, 15) is 4.79 Å². The maximum absolute atomic E-state index is 10.1. The van der Waals surface area contributed by atoms with Crippen LogP contribution in [0.3, 0.4) is 0 Å². The zero-order chi connectivity index (χ0) is 8.10. The lowest BCUT2D eigenvalue weighted by Crippen LogP contribution is -1.95. The predicted molar refractivity (Wildman–Crippen MR) is 37.2 cm³/mol. The number of aromatic amines is 1. The number of hydrogen-bond donors (Lipinski definition) is 2. The van der Waals surface area contributed by atoms with Crippen molar-refractivity contribution in [1.82, 2.24) is 20.6 Å². The van der Waals surface area contributed by atoms with Gasteiger partial charge in [-0.05, 0) is 5.21 Å². The van der Waals surface area contributed by atoms with Gasteiger partial charge in [-0.2, -0.15) is 5.21 Å². The highest BCUT2D eigenvalue weighted by Crippen LogP contribution is 2.10. The number of carboxylic acid groups (broad SMARTS) is 1. The van der Waals surface area contributed by atoms with Crippen molar-refractivity contribution in [3.8, 4) is 0 Å². The Kier molecular flexibility index (Phi) is 2.84. The number of H-pyrrole nitrogens is 1. The third kappa shape index (κ3) is 2.99. The zero-order valence-corrected chi connectivity index (χ0v) is 6.34. The number of carbonyl (C=O) groups is 1. The van der Waals surface area contributed by atoms with Crippen molar-refractivity contribution in [1.29, 1.82) is 0 Å². The van der Waals surface area contributed by atoms with Crippen molar-refractivity contribution in [3.05, 3.63) is 0 Å². The number of aliphatic carboxylic acids is 1. The highest BCUT2D eigenvalue weighted by molar-refractivity contribution is 7.99. The van der Waals surface area contributed by atoms with E-state index in [1.807, 2.05) is 0 Å². The second-order valence-electron chi connectivity index (χ2n) is 1.69. The van der Waals surface area contributed by atoms with Crippen molar-refractivity contribution < 1.29 is 9.90 Å². The van der Waals surface area contributed by atoms with Gasteiger partial charge in [-0.15, -0.1) is 10.2 Å². The summed E-state index contributed by atoms with van der Waals surface area (Å²) >= 11 is 1.26. The number of thioether (sulfide) groups is 1. The van der Waals surface area contributed by atoms with Crippen LogP contribution >= 0.6 is 11.8 Å². The molecule has 0 fully saturated rings. The third-order valence-corrected chi connectivity index (χ3v) is 1.71. The normalized spacial score (nSPS) is 9.82.